The fourth-order valence-electron chi connectivity index (χ4n) is 1.80. The Morgan fingerprint density at radius 3 is 2.59 bits per heavy atom. The van der Waals surface area contributed by atoms with Gasteiger partial charge in [0, 0.05) is 17.1 Å². The van der Waals surface area contributed by atoms with E-state index in [1.165, 1.54) is 0 Å². The van der Waals surface area contributed by atoms with Crippen molar-refractivity contribution in [2.24, 2.45) is 5.73 Å². The molecule has 1 aromatic rings. The average molecular weight is 257 g/mol. The molecule has 17 heavy (non-hydrogen) atoms. The predicted molar refractivity (Wildman–Crippen MR) is 72.7 cm³/mol. The highest BCUT2D eigenvalue weighted by atomic mass is 35.5. The predicted octanol–water partition coefficient (Wildman–Crippen LogP) is 2.74. The summed E-state index contributed by atoms with van der Waals surface area (Å²) in [5, 5.41) is 4.00. The number of nitrogens with two attached hydrogens (primary N) is 1. The van der Waals surface area contributed by atoms with Gasteiger partial charge in [0.1, 0.15) is 5.75 Å². The molecule has 0 aliphatic carbocycles. The highest BCUT2D eigenvalue weighted by Gasteiger charge is 2.13. The van der Waals surface area contributed by atoms with Crippen LogP contribution < -0.4 is 15.8 Å². The van der Waals surface area contributed by atoms with Gasteiger partial charge < -0.3 is 15.8 Å². The van der Waals surface area contributed by atoms with Crippen molar-refractivity contribution in [3.63, 3.8) is 0 Å². The van der Waals surface area contributed by atoms with E-state index in [2.05, 4.69) is 5.32 Å². The van der Waals surface area contributed by atoms with Gasteiger partial charge in [-0.2, -0.15) is 0 Å². The van der Waals surface area contributed by atoms with Gasteiger partial charge in [0.25, 0.3) is 0 Å². The van der Waals surface area contributed by atoms with Crippen molar-refractivity contribution in [2.45, 2.75) is 31.8 Å². The Hall–Kier alpha value is -0.770. The maximum atomic E-state index is 6.25. The number of hydrogen-bond donors (Lipinski definition) is 2. The van der Waals surface area contributed by atoms with E-state index < -0.39 is 0 Å². The van der Waals surface area contributed by atoms with Crippen molar-refractivity contribution >= 4 is 11.6 Å². The van der Waals surface area contributed by atoms with Crippen LogP contribution in [0.2, 0.25) is 5.02 Å². The lowest BCUT2D eigenvalue weighted by atomic mass is 10.00. The molecule has 96 valence electrons. The van der Waals surface area contributed by atoms with E-state index in [1.54, 1.807) is 7.11 Å². The molecule has 0 spiro atoms. The minimum Gasteiger partial charge on any atom is -0.497 e. The first kappa shape index (κ1) is 14.3. The van der Waals surface area contributed by atoms with E-state index in [4.69, 9.17) is 22.1 Å². The third-order valence-corrected chi connectivity index (χ3v) is 3.17. The summed E-state index contributed by atoms with van der Waals surface area (Å²) in [6.45, 7) is 2.02. The topological polar surface area (TPSA) is 47.3 Å². The lowest BCUT2D eigenvalue weighted by Gasteiger charge is -2.19. The quantitative estimate of drug-likeness (QED) is 0.823. The second-order valence-corrected chi connectivity index (χ2v) is 4.69. The number of halogens is 1. The molecule has 1 rings (SSSR count). The molecule has 0 bridgehead atoms. The molecule has 0 aromatic heterocycles. The Kier molecular flexibility index (Phi) is 5.75. The molecule has 0 saturated heterocycles. The van der Waals surface area contributed by atoms with Gasteiger partial charge in [0.2, 0.25) is 0 Å². The number of hydrogen-bond acceptors (Lipinski definition) is 3. The van der Waals surface area contributed by atoms with Gasteiger partial charge in [-0.05, 0) is 44.5 Å². The van der Waals surface area contributed by atoms with Crippen molar-refractivity contribution in [3.8, 4) is 5.75 Å². The second-order valence-electron chi connectivity index (χ2n) is 4.28. The Morgan fingerprint density at radius 2 is 2.12 bits per heavy atom. The van der Waals surface area contributed by atoms with Gasteiger partial charge in [0.05, 0.1) is 7.11 Å². The first-order valence-corrected chi connectivity index (χ1v) is 6.22. The molecular formula is C13H21ClN2O. The van der Waals surface area contributed by atoms with Gasteiger partial charge in [0.15, 0.2) is 0 Å². The van der Waals surface area contributed by atoms with Crippen LogP contribution in [0, 0.1) is 0 Å². The fourth-order valence-corrected chi connectivity index (χ4v) is 2.10. The number of nitrogens with one attached hydrogen (secondary N) is 1. The monoisotopic (exact) mass is 256 g/mol. The SMILES string of the molecule is CNC(CCC(C)N)c1ccc(OC)cc1Cl. The van der Waals surface area contributed by atoms with E-state index in [0.29, 0.717) is 0 Å². The van der Waals surface area contributed by atoms with Crippen LogP contribution in [0.3, 0.4) is 0 Å². The van der Waals surface area contributed by atoms with Crippen LogP contribution in [0.15, 0.2) is 18.2 Å². The molecule has 0 aliphatic rings. The molecule has 3 nitrogen and oxygen atoms in total. The van der Waals surface area contributed by atoms with E-state index in [1.807, 2.05) is 32.2 Å². The van der Waals surface area contributed by atoms with E-state index in [0.717, 1.165) is 29.2 Å². The van der Waals surface area contributed by atoms with Crippen LogP contribution in [0.4, 0.5) is 0 Å². The largest absolute Gasteiger partial charge is 0.497 e. The minimum absolute atomic E-state index is 0.211. The Labute approximate surface area is 108 Å². The van der Waals surface area contributed by atoms with Crippen LogP contribution in [-0.2, 0) is 0 Å². The van der Waals surface area contributed by atoms with Crippen LogP contribution in [0.25, 0.3) is 0 Å². The Bertz CT molecular complexity index is 355. The molecule has 0 amide bonds. The van der Waals surface area contributed by atoms with E-state index >= 15 is 0 Å². The zero-order chi connectivity index (χ0) is 12.8. The smallest absolute Gasteiger partial charge is 0.120 e. The van der Waals surface area contributed by atoms with Crippen molar-refractivity contribution in [3.05, 3.63) is 28.8 Å². The molecule has 0 heterocycles. The number of rotatable bonds is 6. The Balaban J connectivity index is 2.80. The minimum atomic E-state index is 0.211. The molecule has 3 N–H and O–H groups in total. The zero-order valence-electron chi connectivity index (χ0n) is 10.7. The molecule has 0 fully saturated rings. The summed E-state index contributed by atoms with van der Waals surface area (Å²) in [4.78, 5) is 0. The van der Waals surface area contributed by atoms with Crippen molar-refractivity contribution in [1.29, 1.82) is 0 Å². The highest BCUT2D eigenvalue weighted by molar-refractivity contribution is 6.31. The fraction of sp³-hybridized carbons (Fsp3) is 0.538. The third kappa shape index (κ3) is 4.19. The molecule has 4 heteroatoms. The zero-order valence-corrected chi connectivity index (χ0v) is 11.4. The molecular weight excluding hydrogens is 236 g/mol. The lowest BCUT2D eigenvalue weighted by molar-refractivity contribution is 0.414. The van der Waals surface area contributed by atoms with Gasteiger partial charge >= 0.3 is 0 Å². The van der Waals surface area contributed by atoms with Crippen LogP contribution in [0.5, 0.6) is 5.75 Å². The lowest BCUT2D eigenvalue weighted by Crippen LogP contribution is -2.21. The molecule has 0 saturated carbocycles. The van der Waals surface area contributed by atoms with Gasteiger partial charge in [-0.3, -0.25) is 0 Å². The number of methoxy groups -OCH3 is 1. The molecule has 1 aromatic carbocycles. The summed E-state index contributed by atoms with van der Waals surface area (Å²) >= 11 is 6.25. The van der Waals surface area contributed by atoms with Crippen molar-refractivity contribution in [2.75, 3.05) is 14.2 Å². The maximum Gasteiger partial charge on any atom is 0.120 e. The van der Waals surface area contributed by atoms with Gasteiger partial charge in [-0.25, -0.2) is 0 Å². The first-order valence-electron chi connectivity index (χ1n) is 5.84. The Morgan fingerprint density at radius 1 is 1.41 bits per heavy atom. The van der Waals surface area contributed by atoms with Gasteiger partial charge in [-0.1, -0.05) is 17.7 Å². The average Bonchev–Trinajstić information content (AvgIpc) is 2.31. The van der Waals surface area contributed by atoms with Crippen LogP contribution in [0.1, 0.15) is 31.4 Å². The third-order valence-electron chi connectivity index (χ3n) is 2.84. The molecule has 0 aliphatic heterocycles. The summed E-state index contributed by atoms with van der Waals surface area (Å²) in [5.74, 6) is 0.779. The first-order chi connectivity index (χ1) is 8.08. The van der Waals surface area contributed by atoms with Crippen molar-refractivity contribution in [1.82, 2.24) is 5.32 Å². The molecule has 2 unspecified atom stereocenters. The highest BCUT2D eigenvalue weighted by Crippen LogP contribution is 2.29. The molecule has 2 atom stereocenters. The molecule has 0 radical (unpaired) electrons. The normalized spacial score (nSPS) is 14.4. The van der Waals surface area contributed by atoms with Crippen LogP contribution in [-0.4, -0.2) is 20.2 Å². The summed E-state index contributed by atoms with van der Waals surface area (Å²) in [7, 11) is 3.57. The maximum absolute atomic E-state index is 6.25. The standard InChI is InChI=1S/C13H21ClN2O/c1-9(15)4-7-13(16-2)11-6-5-10(17-3)8-12(11)14/h5-6,8-9,13,16H,4,7,15H2,1-3H3. The number of benzene rings is 1. The van der Waals surface area contributed by atoms with Crippen LogP contribution >= 0.6 is 11.6 Å². The summed E-state index contributed by atoms with van der Waals surface area (Å²) in [5.41, 5.74) is 6.87. The van der Waals surface area contributed by atoms with E-state index in [9.17, 15) is 0 Å². The number of ether oxygens (including phenoxy) is 1. The van der Waals surface area contributed by atoms with Crippen molar-refractivity contribution < 1.29 is 4.74 Å². The van der Waals surface area contributed by atoms with E-state index in [-0.39, 0.29) is 12.1 Å². The second kappa shape index (κ2) is 6.84. The summed E-state index contributed by atoms with van der Waals surface area (Å²) in [6.07, 6.45) is 1.94. The summed E-state index contributed by atoms with van der Waals surface area (Å²) in [6, 6.07) is 6.22. The van der Waals surface area contributed by atoms with Gasteiger partial charge in [-0.15, -0.1) is 0 Å². The summed E-state index contributed by atoms with van der Waals surface area (Å²) < 4.78 is 5.14.